The van der Waals surface area contributed by atoms with Gasteiger partial charge in [0.2, 0.25) is 4.77 Å². The number of aromatic nitrogens is 3. The van der Waals surface area contributed by atoms with E-state index in [2.05, 4.69) is 15.2 Å². The van der Waals surface area contributed by atoms with Gasteiger partial charge in [-0.15, -0.1) is 0 Å². The van der Waals surface area contributed by atoms with Crippen molar-refractivity contribution in [2.24, 2.45) is 0 Å². The first-order valence-corrected chi connectivity index (χ1v) is 6.80. The van der Waals surface area contributed by atoms with E-state index in [-0.39, 0.29) is 0 Å². The summed E-state index contributed by atoms with van der Waals surface area (Å²) in [5.74, 6) is 0.795. The molecule has 2 aromatic rings. The average molecular weight is 297 g/mol. The lowest BCUT2D eigenvalue weighted by molar-refractivity contribution is 0.111. The zero-order valence-corrected chi connectivity index (χ0v) is 11.7. The Kier molecular flexibility index (Phi) is 3.54. The van der Waals surface area contributed by atoms with Gasteiger partial charge in [0.25, 0.3) is 0 Å². The lowest BCUT2D eigenvalue weighted by Crippen LogP contribution is -2.44. The van der Waals surface area contributed by atoms with Crippen LogP contribution in [-0.2, 0) is 4.74 Å². The van der Waals surface area contributed by atoms with E-state index in [1.807, 2.05) is 28.9 Å². The van der Waals surface area contributed by atoms with E-state index < -0.39 is 0 Å². The van der Waals surface area contributed by atoms with E-state index in [9.17, 15) is 0 Å². The molecule has 0 radical (unpaired) electrons. The van der Waals surface area contributed by atoms with Crippen LogP contribution in [0.3, 0.4) is 0 Å². The summed E-state index contributed by atoms with van der Waals surface area (Å²) in [6.45, 7) is 3.00. The number of ether oxygens (including phenoxy) is 1. The van der Waals surface area contributed by atoms with Crippen LogP contribution in [-0.4, -0.2) is 41.2 Å². The van der Waals surface area contributed by atoms with Gasteiger partial charge in [-0.05, 0) is 36.5 Å². The maximum atomic E-state index is 5.91. The fraction of sp³-hybridized carbons (Fsp3) is 0.333. The van der Waals surface area contributed by atoms with Crippen LogP contribution in [0.25, 0.3) is 11.4 Å². The first kappa shape index (κ1) is 12.7. The minimum Gasteiger partial charge on any atom is -0.378 e. The SMILES string of the molecule is S=c1[nH]nc(-c2ccc(Cl)cc2)n1N1CCOCC1. The van der Waals surface area contributed by atoms with Gasteiger partial charge in [0.05, 0.1) is 26.3 Å². The van der Waals surface area contributed by atoms with Crippen molar-refractivity contribution >= 4 is 23.8 Å². The van der Waals surface area contributed by atoms with Gasteiger partial charge in [0, 0.05) is 10.6 Å². The van der Waals surface area contributed by atoms with Crippen molar-refractivity contribution in [1.29, 1.82) is 0 Å². The van der Waals surface area contributed by atoms with E-state index in [1.54, 1.807) is 0 Å². The second-order valence-electron chi connectivity index (χ2n) is 4.24. The van der Waals surface area contributed by atoms with Gasteiger partial charge in [-0.1, -0.05) is 11.6 Å². The summed E-state index contributed by atoms with van der Waals surface area (Å²) in [5.41, 5.74) is 0.975. The summed E-state index contributed by atoms with van der Waals surface area (Å²) in [6, 6.07) is 7.56. The smallest absolute Gasteiger partial charge is 0.214 e. The van der Waals surface area contributed by atoms with E-state index in [0.717, 1.165) is 24.5 Å². The number of halogens is 1. The van der Waals surface area contributed by atoms with Crippen LogP contribution in [0.1, 0.15) is 0 Å². The molecule has 0 unspecified atom stereocenters. The van der Waals surface area contributed by atoms with E-state index >= 15 is 0 Å². The van der Waals surface area contributed by atoms with Gasteiger partial charge in [-0.3, -0.25) is 0 Å². The molecule has 1 fully saturated rings. The first-order chi connectivity index (χ1) is 9.25. The largest absolute Gasteiger partial charge is 0.378 e. The molecule has 2 heterocycles. The molecule has 1 aromatic heterocycles. The van der Waals surface area contributed by atoms with Gasteiger partial charge >= 0.3 is 0 Å². The molecule has 1 aliphatic heterocycles. The Bertz CT molecular complexity index is 615. The zero-order valence-electron chi connectivity index (χ0n) is 10.2. The number of morpholine rings is 1. The van der Waals surface area contributed by atoms with E-state index in [0.29, 0.717) is 23.0 Å². The van der Waals surface area contributed by atoms with E-state index in [4.69, 9.17) is 28.6 Å². The molecule has 0 aliphatic carbocycles. The lowest BCUT2D eigenvalue weighted by atomic mass is 10.2. The van der Waals surface area contributed by atoms with Crippen LogP contribution in [0.4, 0.5) is 0 Å². The van der Waals surface area contributed by atoms with Crippen LogP contribution in [0.5, 0.6) is 0 Å². The fourth-order valence-electron chi connectivity index (χ4n) is 2.09. The molecule has 1 N–H and O–H groups in total. The highest BCUT2D eigenvalue weighted by Crippen LogP contribution is 2.20. The molecule has 5 nitrogen and oxygen atoms in total. The van der Waals surface area contributed by atoms with Crippen LogP contribution in [0.15, 0.2) is 24.3 Å². The number of H-pyrrole nitrogens is 1. The number of nitrogens with zero attached hydrogens (tertiary/aromatic N) is 3. The summed E-state index contributed by atoms with van der Waals surface area (Å²) < 4.78 is 7.88. The molecular formula is C12H13ClN4OS. The third-order valence-corrected chi connectivity index (χ3v) is 3.54. The lowest BCUT2D eigenvalue weighted by Gasteiger charge is -2.30. The van der Waals surface area contributed by atoms with Gasteiger partial charge in [0.1, 0.15) is 0 Å². The van der Waals surface area contributed by atoms with Crippen LogP contribution < -0.4 is 5.01 Å². The summed E-state index contributed by atoms with van der Waals surface area (Å²) in [6.07, 6.45) is 0. The third-order valence-electron chi connectivity index (χ3n) is 3.02. The average Bonchev–Trinajstić information content (AvgIpc) is 2.82. The molecule has 0 amide bonds. The highest BCUT2D eigenvalue weighted by molar-refractivity contribution is 7.71. The second kappa shape index (κ2) is 5.32. The number of hydrogen-bond acceptors (Lipinski definition) is 4. The molecule has 0 bridgehead atoms. The Morgan fingerprint density at radius 1 is 1.21 bits per heavy atom. The Morgan fingerprint density at radius 2 is 1.89 bits per heavy atom. The number of benzene rings is 1. The number of rotatable bonds is 2. The van der Waals surface area contributed by atoms with Crippen molar-refractivity contribution < 1.29 is 4.74 Å². The molecule has 100 valence electrons. The Hall–Kier alpha value is -1.37. The van der Waals surface area contributed by atoms with Crippen molar-refractivity contribution in [2.45, 2.75) is 0 Å². The normalized spacial score (nSPS) is 15.7. The van der Waals surface area contributed by atoms with Gasteiger partial charge in [-0.2, -0.15) is 5.10 Å². The summed E-state index contributed by atoms with van der Waals surface area (Å²) in [4.78, 5) is 0. The predicted octanol–water partition coefficient (Wildman–Crippen LogP) is 2.23. The maximum Gasteiger partial charge on any atom is 0.214 e. The number of aromatic amines is 1. The number of hydrogen-bond donors (Lipinski definition) is 1. The van der Waals surface area contributed by atoms with Crippen LogP contribution in [0.2, 0.25) is 5.02 Å². The predicted molar refractivity (Wildman–Crippen MR) is 76.6 cm³/mol. The minimum atomic E-state index is 0.590. The third kappa shape index (κ3) is 2.51. The fourth-order valence-corrected chi connectivity index (χ4v) is 2.47. The van der Waals surface area contributed by atoms with Crippen molar-refractivity contribution in [3.63, 3.8) is 0 Å². The molecule has 7 heteroatoms. The minimum absolute atomic E-state index is 0.590. The molecule has 3 rings (SSSR count). The molecule has 0 spiro atoms. The van der Waals surface area contributed by atoms with Gasteiger partial charge in [-0.25, -0.2) is 9.77 Å². The van der Waals surface area contributed by atoms with Gasteiger partial charge in [0.15, 0.2) is 5.82 Å². The molecule has 1 aliphatic rings. The van der Waals surface area contributed by atoms with Crippen molar-refractivity contribution in [3.05, 3.63) is 34.1 Å². The first-order valence-electron chi connectivity index (χ1n) is 6.02. The highest BCUT2D eigenvalue weighted by atomic mass is 35.5. The van der Waals surface area contributed by atoms with Crippen molar-refractivity contribution in [1.82, 2.24) is 14.9 Å². The molecular weight excluding hydrogens is 284 g/mol. The maximum absolute atomic E-state index is 5.91. The topological polar surface area (TPSA) is 46.1 Å². The monoisotopic (exact) mass is 296 g/mol. The van der Waals surface area contributed by atoms with Crippen LogP contribution >= 0.6 is 23.8 Å². The Balaban J connectivity index is 2.02. The quantitative estimate of drug-likeness (QED) is 0.863. The van der Waals surface area contributed by atoms with Crippen LogP contribution in [0, 0.1) is 4.77 Å². The molecule has 0 atom stereocenters. The Labute approximate surface area is 120 Å². The summed E-state index contributed by atoms with van der Waals surface area (Å²) in [5, 5.41) is 10.0. The summed E-state index contributed by atoms with van der Waals surface area (Å²) in [7, 11) is 0. The second-order valence-corrected chi connectivity index (χ2v) is 5.06. The number of nitrogens with one attached hydrogen (secondary N) is 1. The van der Waals surface area contributed by atoms with E-state index in [1.165, 1.54) is 0 Å². The standard InChI is InChI=1S/C12H13ClN4OS/c13-10-3-1-9(2-4-10)11-14-15-12(19)17(11)16-5-7-18-8-6-16/h1-4H,5-8H2,(H,15,19). The molecule has 1 aromatic carbocycles. The molecule has 19 heavy (non-hydrogen) atoms. The molecule has 1 saturated heterocycles. The zero-order chi connectivity index (χ0) is 13.2. The van der Waals surface area contributed by atoms with Crippen molar-refractivity contribution in [3.8, 4) is 11.4 Å². The van der Waals surface area contributed by atoms with Gasteiger partial charge < -0.3 is 9.75 Å². The Morgan fingerprint density at radius 3 is 2.58 bits per heavy atom. The molecule has 0 saturated carbocycles. The highest BCUT2D eigenvalue weighted by Gasteiger charge is 2.17. The van der Waals surface area contributed by atoms with Crippen molar-refractivity contribution in [2.75, 3.05) is 31.3 Å². The summed E-state index contributed by atoms with van der Waals surface area (Å²) >= 11 is 11.2.